The van der Waals surface area contributed by atoms with E-state index in [2.05, 4.69) is 83.9 Å². The molecule has 1 heterocycles. The first-order valence-electron chi connectivity index (χ1n) is 8.55. The molecule has 0 amide bonds. The molecule has 0 aliphatic heterocycles. The summed E-state index contributed by atoms with van der Waals surface area (Å²) in [6, 6.07) is 25.5. The van der Waals surface area contributed by atoms with E-state index >= 15 is 0 Å². The molecule has 0 unspecified atom stereocenters. The average Bonchev–Trinajstić information content (AvgIpc) is 3.17. The van der Waals surface area contributed by atoms with Gasteiger partial charge in [0.05, 0.1) is 0 Å². The molecule has 0 bridgehead atoms. The van der Waals surface area contributed by atoms with Crippen LogP contribution in [0.1, 0.15) is 17.5 Å². The van der Waals surface area contributed by atoms with Crippen LogP contribution < -0.4 is 24.8 Å². The molecular weight excluding hydrogens is 425 g/mol. The molecule has 1 aliphatic rings. The van der Waals surface area contributed by atoms with E-state index in [1.165, 1.54) is 38.4 Å². The van der Waals surface area contributed by atoms with Crippen LogP contribution >= 0.6 is 0 Å². The van der Waals surface area contributed by atoms with Crippen LogP contribution in [-0.4, -0.2) is 4.98 Å². The summed E-state index contributed by atoms with van der Waals surface area (Å²) in [4.78, 5) is 4.59. The zero-order valence-electron chi connectivity index (χ0n) is 14.9. The van der Waals surface area contributed by atoms with Crippen LogP contribution in [0, 0.1) is 6.08 Å². The third-order valence-corrected chi connectivity index (χ3v) is 4.83. The first kappa shape index (κ1) is 22.2. The second-order valence-corrected chi connectivity index (χ2v) is 6.33. The Morgan fingerprint density at radius 2 is 1.39 bits per heavy atom. The maximum absolute atomic E-state index is 4.59. The van der Waals surface area contributed by atoms with E-state index in [4.69, 9.17) is 0 Å². The molecule has 1 aromatic heterocycles. The van der Waals surface area contributed by atoms with Crippen molar-refractivity contribution in [1.82, 2.24) is 4.98 Å². The number of halogens is 2. The molecule has 3 aromatic carbocycles. The number of aromatic nitrogens is 1. The summed E-state index contributed by atoms with van der Waals surface area (Å²) in [6.45, 7) is 0. The summed E-state index contributed by atoms with van der Waals surface area (Å²) >= 11 is 0. The van der Waals surface area contributed by atoms with Gasteiger partial charge in [0.1, 0.15) is 0 Å². The minimum Gasteiger partial charge on any atom is -1.00 e. The maximum Gasteiger partial charge on any atom is 3.00 e. The van der Waals surface area contributed by atoms with Crippen molar-refractivity contribution in [1.29, 1.82) is 0 Å². The Balaban J connectivity index is 0.000000934. The third kappa shape index (κ3) is 3.88. The Labute approximate surface area is 188 Å². The summed E-state index contributed by atoms with van der Waals surface area (Å²) in [7, 11) is 0. The van der Waals surface area contributed by atoms with E-state index in [1.807, 2.05) is 12.3 Å². The summed E-state index contributed by atoms with van der Waals surface area (Å²) in [6.07, 6.45) is 8.68. The Hall–Kier alpha value is -2.08. The SMILES string of the molecule is [C-]1=C(c2cccc3cccnc23)CC=C1c1cccc2ccccc12.[Cl-].[Cl-].[Cr+3]. The van der Waals surface area contributed by atoms with E-state index in [0.29, 0.717) is 0 Å². The second kappa shape index (κ2) is 9.41. The zero-order chi connectivity index (χ0) is 16.6. The average molecular weight is 441 g/mol. The molecule has 1 nitrogen and oxygen atoms in total. The van der Waals surface area contributed by atoms with Gasteiger partial charge in [-0.15, -0.1) is 17.2 Å². The predicted molar refractivity (Wildman–Crippen MR) is 105 cm³/mol. The third-order valence-electron chi connectivity index (χ3n) is 4.83. The Kier molecular flexibility index (Phi) is 7.47. The number of benzene rings is 3. The number of pyridine rings is 1. The number of hydrogen-bond acceptors (Lipinski definition) is 1. The van der Waals surface area contributed by atoms with Gasteiger partial charge in [-0.1, -0.05) is 89.7 Å². The van der Waals surface area contributed by atoms with Crippen molar-refractivity contribution in [2.75, 3.05) is 0 Å². The van der Waals surface area contributed by atoms with E-state index in [9.17, 15) is 0 Å². The summed E-state index contributed by atoms with van der Waals surface area (Å²) < 4.78 is 0. The monoisotopic (exact) mass is 440 g/mol. The van der Waals surface area contributed by atoms with E-state index in [0.717, 1.165) is 11.9 Å². The van der Waals surface area contributed by atoms with Gasteiger partial charge in [-0.2, -0.15) is 6.08 Å². The largest absolute Gasteiger partial charge is 3.00 e. The molecule has 5 rings (SSSR count). The fourth-order valence-electron chi connectivity index (χ4n) is 3.63. The number of allylic oxidation sites excluding steroid dienone is 4. The van der Waals surface area contributed by atoms with Crippen molar-refractivity contribution in [3.05, 3.63) is 102 Å². The molecule has 137 valence electrons. The van der Waals surface area contributed by atoms with Gasteiger partial charge in [-0.25, -0.2) is 0 Å². The Morgan fingerprint density at radius 3 is 2.25 bits per heavy atom. The van der Waals surface area contributed by atoms with Gasteiger partial charge in [-0.3, -0.25) is 4.98 Å². The minimum absolute atomic E-state index is 0. The molecule has 0 spiro atoms. The zero-order valence-corrected chi connectivity index (χ0v) is 17.7. The molecule has 0 saturated carbocycles. The van der Waals surface area contributed by atoms with Gasteiger partial charge < -0.3 is 24.8 Å². The predicted octanol–water partition coefficient (Wildman–Crippen LogP) is 0.0674. The Morgan fingerprint density at radius 1 is 0.714 bits per heavy atom. The number of fused-ring (bicyclic) bond motifs is 2. The second-order valence-electron chi connectivity index (χ2n) is 6.33. The van der Waals surface area contributed by atoms with Crippen molar-refractivity contribution < 1.29 is 42.2 Å². The van der Waals surface area contributed by atoms with Gasteiger partial charge in [0, 0.05) is 11.7 Å². The molecule has 0 saturated heterocycles. The standard InChI is InChI=1S/C24H16N.2ClH.Cr/c1-2-10-21-17(6-1)7-3-11-22(21)19-13-14-20(16-19)23-12-4-8-18-9-5-15-25-24(18)23;;;/h1-13,15H,14H2;2*1H;/q-1;;;+3/p-2. The number of nitrogens with zero attached hydrogens (tertiary/aromatic N) is 1. The van der Waals surface area contributed by atoms with Crippen LogP contribution in [0.5, 0.6) is 0 Å². The maximum atomic E-state index is 4.59. The van der Waals surface area contributed by atoms with Gasteiger partial charge in [0.25, 0.3) is 0 Å². The minimum atomic E-state index is 0. The first-order chi connectivity index (χ1) is 12.4. The van der Waals surface area contributed by atoms with Gasteiger partial charge in [0.2, 0.25) is 0 Å². The topological polar surface area (TPSA) is 12.9 Å². The summed E-state index contributed by atoms with van der Waals surface area (Å²) in [5.74, 6) is 0. The van der Waals surface area contributed by atoms with Crippen LogP contribution in [0.25, 0.3) is 32.8 Å². The first-order valence-corrected chi connectivity index (χ1v) is 8.55. The molecule has 1 aliphatic carbocycles. The fraction of sp³-hybridized carbons (Fsp3) is 0.0417. The molecule has 0 N–H and O–H groups in total. The van der Waals surface area contributed by atoms with Crippen LogP contribution in [0.4, 0.5) is 0 Å². The molecule has 4 aromatic rings. The molecule has 4 heteroatoms. The molecule has 28 heavy (non-hydrogen) atoms. The molecule has 0 fully saturated rings. The molecule has 0 atom stereocenters. The number of hydrogen-bond donors (Lipinski definition) is 0. The smallest absolute Gasteiger partial charge is 1.00 e. The van der Waals surface area contributed by atoms with Crippen LogP contribution in [0.15, 0.2) is 85.1 Å². The molecular formula is C24H16Cl2CrN. The van der Waals surface area contributed by atoms with Crippen LogP contribution in [-0.2, 0) is 17.4 Å². The van der Waals surface area contributed by atoms with Crippen molar-refractivity contribution in [2.45, 2.75) is 6.42 Å². The van der Waals surface area contributed by atoms with Gasteiger partial charge >= 0.3 is 17.4 Å². The Bertz CT molecular complexity index is 1170. The fourth-order valence-corrected chi connectivity index (χ4v) is 3.63. The van der Waals surface area contributed by atoms with Crippen LogP contribution in [0.2, 0.25) is 0 Å². The van der Waals surface area contributed by atoms with Crippen LogP contribution in [0.3, 0.4) is 0 Å². The summed E-state index contributed by atoms with van der Waals surface area (Å²) in [5, 5.41) is 3.72. The van der Waals surface area contributed by atoms with E-state index in [1.54, 1.807) is 0 Å². The quantitative estimate of drug-likeness (QED) is 0.402. The summed E-state index contributed by atoms with van der Waals surface area (Å²) in [5.41, 5.74) is 5.89. The van der Waals surface area contributed by atoms with E-state index < -0.39 is 0 Å². The van der Waals surface area contributed by atoms with Crippen molar-refractivity contribution in [3.8, 4) is 0 Å². The molecule has 1 radical (unpaired) electrons. The van der Waals surface area contributed by atoms with Gasteiger partial charge in [0.15, 0.2) is 0 Å². The number of rotatable bonds is 2. The van der Waals surface area contributed by atoms with Crippen molar-refractivity contribution in [2.24, 2.45) is 0 Å². The van der Waals surface area contributed by atoms with E-state index in [-0.39, 0.29) is 42.2 Å². The number of para-hydroxylation sites is 1. The van der Waals surface area contributed by atoms with Crippen molar-refractivity contribution in [3.63, 3.8) is 0 Å². The van der Waals surface area contributed by atoms with Crippen molar-refractivity contribution >= 4 is 32.8 Å². The van der Waals surface area contributed by atoms with Gasteiger partial charge in [-0.05, 0) is 16.8 Å². The normalized spacial score (nSPS) is 12.4.